The van der Waals surface area contributed by atoms with Crippen molar-refractivity contribution in [3.8, 4) is 50.6 Å². The van der Waals surface area contributed by atoms with Crippen LogP contribution in [0.5, 0.6) is 17.2 Å². The fourth-order valence-electron chi connectivity index (χ4n) is 6.52. The molecular formula is C53H44F6O9S4. The molecule has 9 nitrogen and oxygen atoms in total. The Balaban J connectivity index is 0.000000226. The van der Waals surface area contributed by atoms with E-state index in [0.717, 1.165) is 51.3 Å². The Hall–Kier alpha value is -6.74. The number of thiol groups is 1. The van der Waals surface area contributed by atoms with Gasteiger partial charge in [0.15, 0.2) is 44.7 Å². The third-order valence-corrected chi connectivity index (χ3v) is 14.4. The van der Waals surface area contributed by atoms with Gasteiger partial charge in [-0.25, -0.2) is 16.8 Å². The van der Waals surface area contributed by atoms with Gasteiger partial charge < -0.3 is 23.3 Å². The van der Waals surface area contributed by atoms with Crippen LogP contribution < -0.4 is 14.2 Å². The van der Waals surface area contributed by atoms with Crippen molar-refractivity contribution in [1.29, 1.82) is 0 Å². The third kappa shape index (κ3) is 15.9. The summed E-state index contributed by atoms with van der Waals surface area (Å²) >= 11 is 1.14. The first-order valence-electron chi connectivity index (χ1n) is 21.0. The van der Waals surface area contributed by atoms with Gasteiger partial charge in [0.25, 0.3) is 0 Å². The quantitative estimate of drug-likeness (QED) is 0.0407. The maximum Gasteiger partial charge on any atom is 0.485 e. The molecule has 0 bridgehead atoms. The normalized spacial score (nSPS) is 11.4. The highest BCUT2D eigenvalue weighted by Gasteiger charge is 2.37. The first-order chi connectivity index (χ1) is 34.1. The molecule has 0 amide bonds. The molecule has 0 aliphatic rings. The first kappa shape index (κ1) is 56.2. The lowest BCUT2D eigenvalue weighted by Crippen LogP contribution is -2.21. The highest BCUT2D eigenvalue weighted by molar-refractivity contribution is 7.97. The van der Waals surface area contributed by atoms with Crippen LogP contribution in [0, 0.1) is 0 Å². The number of hydrogen-bond acceptors (Lipinski definition) is 9. The van der Waals surface area contributed by atoms with Crippen molar-refractivity contribution < 1.29 is 66.5 Å². The largest absolute Gasteiger partial charge is 0.741 e. The molecule has 8 rings (SSSR count). The Morgan fingerprint density at radius 1 is 0.403 bits per heavy atom. The second-order valence-electron chi connectivity index (χ2n) is 14.6. The van der Waals surface area contributed by atoms with Crippen LogP contribution in [-0.2, 0) is 42.9 Å². The lowest BCUT2D eigenvalue weighted by Gasteiger charge is -2.18. The van der Waals surface area contributed by atoms with E-state index in [9.17, 15) is 26.3 Å². The van der Waals surface area contributed by atoms with Crippen molar-refractivity contribution in [3.05, 3.63) is 206 Å². The van der Waals surface area contributed by atoms with E-state index in [1.807, 2.05) is 36.4 Å². The number of ether oxygens (including phenoxy) is 3. The second kappa shape index (κ2) is 25.6. The number of alkyl halides is 6. The lowest BCUT2D eigenvalue weighted by atomic mass is 9.87. The van der Waals surface area contributed by atoms with Crippen LogP contribution in [0.1, 0.15) is 0 Å². The summed E-state index contributed by atoms with van der Waals surface area (Å²) in [5.74, 6) is 2.51. The molecule has 19 heteroatoms. The van der Waals surface area contributed by atoms with Gasteiger partial charge >= 0.3 is 11.0 Å². The topological polar surface area (TPSA) is 142 Å². The third-order valence-electron chi connectivity index (χ3n) is 9.85. The van der Waals surface area contributed by atoms with Crippen molar-refractivity contribution in [2.24, 2.45) is 0 Å². The molecule has 0 aromatic heterocycles. The molecule has 0 N–H and O–H groups in total. The molecule has 0 aliphatic carbocycles. The van der Waals surface area contributed by atoms with Crippen LogP contribution in [0.25, 0.3) is 33.4 Å². The number of hydrogen-bond donors (Lipinski definition) is 0. The molecule has 72 heavy (non-hydrogen) atoms. The molecule has 0 saturated carbocycles. The number of methoxy groups -OCH3 is 3. The summed E-state index contributed by atoms with van der Waals surface area (Å²) in [7, 11) is -7.11. The van der Waals surface area contributed by atoms with Gasteiger partial charge in [-0.2, -0.15) is 26.3 Å². The van der Waals surface area contributed by atoms with E-state index < -0.39 is 31.3 Å². The molecule has 376 valence electrons. The van der Waals surface area contributed by atoms with Crippen LogP contribution in [0.3, 0.4) is 0 Å². The van der Waals surface area contributed by atoms with Gasteiger partial charge in [-0.05, 0) is 119 Å². The molecule has 0 atom stereocenters. The van der Waals surface area contributed by atoms with Crippen molar-refractivity contribution >= 4 is 42.9 Å². The highest BCUT2D eigenvalue weighted by Crippen LogP contribution is 2.44. The minimum Gasteiger partial charge on any atom is -0.741 e. The summed E-state index contributed by atoms with van der Waals surface area (Å²) < 4.78 is 134. The van der Waals surface area contributed by atoms with Crippen molar-refractivity contribution in [2.75, 3.05) is 21.3 Å². The Morgan fingerprint density at radius 3 is 1.00 bits per heavy atom. The van der Waals surface area contributed by atoms with E-state index in [1.54, 1.807) is 21.3 Å². The maximum atomic E-state index is 10.7. The summed E-state index contributed by atoms with van der Waals surface area (Å²) in [5.41, 5.74) is -4.36. The fourth-order valence-corrected chi connectivity index (χ4v) is 9.73. The zero-order valence-corrected chi connectivity index (χ0v) is 41.6. The summed E-state index contributed by atoms with van der Waals surface area (Å²) in [6.07, 6.45) is 0. The zero-order valence-electron chi connectivity index (χ0n) is 38.2. The van der Waals surface area contributed by atoms with Gasteiger partial charge in [-0.3, -0.25) is 0 Å². The van der Waals surface area contributed by atoms with Crippen molar-refractivity contribution in [3.63, 3.8) is 0 Å². The monoisotopic (exact) mass is 1070 g/mol. The Labute approximate surface area is 420 Å². The minimum atomic E-state index is -6.09. The summed E-state index contributed by atoms with van der Waals surface area (Å²) in [6.45, 7) is 0. The molecule has 0 spiro atoms. The second-order valence-corrected chi connectivity index (χ2v) is 20.6. The Kier molecular flexibility index (Phi) is 20.0. The predicted octanol–water partition coefficient (Wildman–Crippen LogP) is 12.8. The Morgan fingerprint density at radius 2 is 0.694 bits per heavy atom. The summed E-state index contributed by atoms with van der Waals surface area (Å²) in [5, 5.41) is 0. The van der Waals surface area contributed by atoms with Crippen LogP contribution in [-0.4, -0.2) is 58.3 Å². The van der Waals surface area contributed by atoms with Gasteiger partial charge in [-0.15, -0.1) is 0 Å². The molecule has 0 saturated heterocycles. The maximum absolute atomic E-state index is 10.7. The van der Waals surface area contributed by atoms with E-state index in [4.69, 9.17) is 40.2 Å². The van der Waals surface area contributed by atoms with E-state index in [-0.39, 0.29) is 10.9 Å². The van der Waals surface area contributed by atoms with E-state index in [2.05, 4.69) is 170 Å². The first-order valence-corrected chi connectivity index (χ1v) is 25.9. The molecule has 0 heterocycles. The Bertz CT molecular complexity index is 3020. The van der Waals surface area contributed by atoms with Crippen molar-refractivity contribution in [1.82, 2.24) is 0 Å². The van der Waals surface area contributed by atoms with Crippen LogP contribution >= 0.6 is 0 Å². The van der Waals surface area contributed by atoms with E-state index in [0.29, 0.717) is 0 Å². The van der Waals surface area contributed by atoms with E-state index >= 15 is 0 Å². The fraction of sp³-hybridized carbons (Fsp3) is 0.0943. The van der Waals surface area contributed by atoms with Gasteiger partial charge in [0.1, 0.15) is 17.2 Å². The SMILES string of the molecule is COc1ccc(-c2ccc([SH+]c3ccccc3)c(-c3ccc(OC)cc3)c2-c2ccc(OC)cc2)cc1.O=S(=O)([O-])C(F)(F)F.O=S(=O)([O-])C(F)(F)F.c1ccc([S+](c2ccccc2)c2ccccc2)cc1. The zero-order chi connectivity index (χ0) is 52.5. The molecule has 8 aromatic rings. The van der Waals surface area contributed by atoms with Gasteiger partial charge in [-0.1, -0.05) is 109 Å². The lowest BCUT2D eigenvalue weighted by molar-refractivity contribution is -0.0522. The van der Waals surface area contributed by atoms with Gasteiger partial charge in [0, 0.05) is 22.9 Å². The molecule has 0 fully saturated rings. The smallest absolute Gasteiger partial charge is 0.485 e. The molecule has 0 unspecified atom stereocenters. The van der Waals surface area contributed by atoms with E-state index in [1.165, 1.54) is 35.6 Å². The molecule has 0 aliphatic heterocycles. The van der Waals surface area contributed by atoms with Crippen LogP contribution in [0.15, 0.2) is 231 Å². The average molecular weight is 1070 g/mol. The van der Waals surface area contributed by atoms with Crippen LogP contribution in [0.2, 0.25) is 0 Å². The number of rotatable bonds is 11. The van der Waals surface area contributed by atoms with Gasteiger partial charge in [0.2, 0.25) is 0 Å². The minimum absolute atomic E-state index is 0.0146. The highest BCUT2D eigenvalue weighted by atomic mass is 32.2. The van der Waals surface area contributed by atoms with Gasteiger partial charge in [0.05, 0.1) is 32.2 Å². The molecule has 8 aromatic carbocycles. The van der Waals surface area contributed by atoms with Crippen molar-refractivity contribution in [2.45, 2.75) is 35.5 Å². The molecule has 0 radical (unpaired) electrons. The standard InChI is InChI=1S/C33H28O3S.C18H15S.2CHF3O3S/c1-34-26-15-9-23(10-16-26)30-21-22-31(37-29-7-5-4-6-8-29)33(25-13-19-28(36-3)20-14-25)32(30)24-11-17-27(35-2)18-12-24;1-4-10-16(11-5-1)19(17-12-6-2-7-13-17)18-14-8-3-9-15-18;2*2-1(3,4)8(5,6)7/h4-22H,1-3H3;1-15H;2*(H,5,6,7)/q;+1;;/p-1. The predicted molar refractivity (Wildman–Crippen MR) is 267 cm³/mol. The molecular weight excluding hydrogens is 1020 g/mol. The average Bonchev–Trinajstić information content (AvgIpc) is 3.37. The summed E-state index contributed by atoms with van der Waals surface area (Å²) in [4.78, 5) is 6.56. The number of halogens is 6. The number of benzene rings is 8. The van der Waals surface area contributed by atoms with Crippen LogP contribution in [0.4, 0.5) is 26.3 Å². The summed E-state index contributed by atoms with van der Waals surface area (Å²) in [6, 6.07) is 72.1.